The van der Waals surface area contributed by atoms with Crippen molar-refractivity contribution in [3.63, 3.8) is 0 Å². The van der Waals surface area contributed by atoms with E-state index in [2.05, 4.69) is 4.72 Å². The van der Waals surface area contributed by atoms with Gasteiger partial charge in [-0.1, -0.05) is 30.7 Å². The highest BCUT2D eigenvalue weighted by atomic mass is 35.5. The Morgan fingerprint density at radius 2 is 2.15 bits per heavy atom. The second-order valence-corrected chi connectivity index (χ2v) is 8.32. The fourth-order valence-corrected chi connectivity index (χ4v) is 3.77. The van der Waals surface area contributed by atoms with Crippen molar-refractivity contribution in [3.8, 4) is 0 Å². The van der Waals surface area contributed by atoms with Crippen molar-refractivity contribution in [1.29, 1.82) is 0 Å². The topological polar surface area (TPSA) is 89.3 Å². The highest BCUT2D eigenvalue weighted by Crippen LogP contribution is 2.20. The maximum absolute atomic E-state index is 12.0. The third kappa shape index (κ3) is 4.78. The molecule has 0 fully saturated rings. The van der Waals surface area contributed by atoms with Gasteiger partial charge in [-0.2, -0.15) is 0 Å². The van der Waals surface area contributed by atoms with Crippen LogP contribution in [-0.4, -0.2) is 35.7 Å². The van der Waals surface area contributed by atoms with Gasteiger partial charge in [0.25, 0.3) is 0 Å². The van der Waals surface area contributed by atoms with Gasteiger partial charge in [-0.3, -0.25) is 4.21 Å². The molecule has 0 saturated heterocycles. The number of thiocarbonyl (C=S) groups is 1. The monoisotopic (exact) mass is 354 g/mol. The van der Waals surface area contributed by atoms with Gasteiger partial charge >= 0.3 is 0 Å². The predicted octanol–water partition coefficient (Wildman–Crippen LogP) is 1.02. The number of halogens is 1. The van der Waals surface area contributed by atoms with Crippen LogP contribution in [0.3, 0.4) is 0 Å². The largest absolute Gasteiger partial charge is 0.389 e. The van der Waals surface area contributed by atoms with Crippen LogP contribution in [0.5, 0.6) is 0 Å². The van der Waals surface area contributed by atoms with Gasteiger partial charge < -0.3 is 5.73 Å². The molecule has 0 radical (unpaired) electrons. The second kappa shape index (κ2) is 7.46. The number of rotatable bonds is 7. The fourth-order valence-electron chi connectivity index (χ4n) is 1.38. The molecule has 0 aliphatic carbocycles. The number of hydrogen-bond donors (Lipinski definition) is 2. The van der Waals surface area contributed by atoms with Gasteiger partial charge in [-0.25, -0.2) is 13.1 Å². The van der Waals surface area contributed by atoms with Gasteiger partial charge in [0.15, 0.2) is 0 Å². The van der Waals surface area contributed by atoms with Crippen LogP contribution >= 0.6 is 23.8 Å². The van der Waals surface area contributed by atoms with Crippen LogP contribution in [0.4, 0.5) is 0 Å². The number of sulfonamides is 1. The minimum absolute atomic E-state index is 0.0183. The van der Waals surface area contributed by atoms with Crippen molar-refractivity contribution < 1.29 is 12.6 Å². The molecule has 0 heterocycles. The predicted molar refractivity (Wildman–Crippen MR) is 86.1 cm³/mol. The normalized spacial score (nSPS) is 13.1. The van der Waals surface area contributed by atoms with E-state index in [0.29, 0.717) is 11.3 Å². The molecule has 0 bridgehead atoms. The molecule has 0 aliphatic heterocycles. The van der Waals surface area contributed by atoms with Crippen molar-refractivity contribution in [3.05, 3.63) is 28.8 Å². The zero-order chi connectivity index (χ0) is 15.3. The van der Waals surface area contributed by atoms with Crippen LogP contribution in [0.1, 0.15) is 12.5 Å². The Morgan fingerprint density at radius 3 is 2.65 bits per heavy atom. The van der Waals surface area contributed by atoms with Crippen LogP contribution in [0.25, 0.3) is 0 Å². The van der Waals surface area contributed by atoms with Crippen molar-refractivity contribution in [2.75, 3.05) is 18.1 Å². The highest BCUT2D eigenvalue weighted by Gasteiger charge is 2.16. The Morgan fingerprint density at radius 1 is 1.50 bits per heavy atom. The SMILES string of the molecule is CCS(=O)CCNS(=O)(=O)c1ccc(C(N)=S)c(Cl)c1. The van der Waals surface area contributed by atoms with Gasteiger partial charge in [0.05, 0.1) is 9.92 Å². The molecule has 20 heavy (non-hydrogen) atoms. The van der Waals surface area contributed by atoms with E-state index in [4.69, 9.17) is 29.6 Å². The van der Waals surface area contributed by atoms with Gasteiger partial charge in [-0.15, -0.1) is 0 Å². The van der Waals surface area contributed by atoms with E-state index in [1.165, 1.54) is 18.2 Å². The summed E-state index contributed by atoms with van der Waals surface area (Å²) in [6.45, 7) is 1.89. The van der Waals surface area contributed by atoms with E-state index >= 15 is 0 Å². The standard InChI is InChI=1S/C11H15ClN2O3S3/c1-2-19(15)6-5-14-20(16,17)8-3-4-9(11(13)18)10(12)7-8/h3-4,7,14H,2,5-6H2,1H3,(H2,13,18). The molecule has 1 aromatic rings. The molecular weight excluding hydrogens is 340 g/mol. The van der Waals surface area contributed by atoms with Crippen LogP contribution in [0.2, 0.25) is 5.02 Å². The molecule has 0 saturated carbocycles. The van der Waals surface area contributed by atoms with E-state index < -0.39 is 20.8 Å². The lowest BCUT2D eigenvalue weighted by molar-refractivity contribution is 0.584. The number of benzene rings is 1. The zero-order valence-corrected chi connectivity index (χ0v) is 14.0. The molecule has 1 unspecified atom stereocenters. The molecule has 0 aliphatic rings. The molecule has 1 atom stereocenters. The van der Waals surface area contributed by atoms with Crippen LogP contribution in [-0.2, 0) is 20.8 Å². The summed E-state index contributed by atoms with van der Waals surface area (Å²) in [5.41, 5.74) is 5.87. The summed E-state index contributed by atoms with van der Waals surface area (Å²) in [6, 6.07) is 4.12. The lowest BCUT2D eigenvalue weighted by Gasteiger charge is -2.08. The van der Waals surface area contributed by atoms with E-state index in [1.54, 1.807) is 6.92 Å². The first-order valence-corrected chi connectivity index (χ1v) is 9.47. The Kier molecular flexibility index (Phi) is 6.53. The maximum Gasteiger partial charge on any atom is 0.240 e. The maximum atomic E-state index is 12.0. The minimum Gasteiger partial charge on any atom is -0.389 e. The van der Waals surface area contributed by atoms with Crippen LogP contribution < -0.4 is 10.5 Å². The lowest BCUT2D eigenvalue weighted by atomic mass is 10.2. The zero-order valence-electron chi connectivity index (χ0n) is 10.8. The first kappa shape index (κ1) is 17.5. The lowest BCUT2D eigenvalue weighted by Crippen LogP contribution is -2.28. The summed E-state index contributed by atoms with van der Waals surface area (Å²) >= 11 is 10.7. The first-order chi connectivity index (χ1) is 9.27. The number of nitrogens with two attached hydrogens (primary N) is 1. The molecule has 1 rings (SSSR count). The van der Waals surface area contributed by atoms with Gasteiger partial charge in [0, 0.05) is 34.4 Å². The van der Waals surface area contributed by atoms with Gasteiger partial charge in [0.2, 0.25) is 10.0 Å². The molecule has 3 N–H and O–H groups in total. The van der Waals surface area contributed by atoms with Crippen molar-refractivity contribution in [2.45, 2.75) is 11.8 Å². The molecule has 0 spiro atoms. The average Bonchev–Trinajstić information content (AvgIpc) is 2.37. The molecular formula is C11H15ClN2O3S3. The number of hydrogen-bond acceptors (Lipinski definition) is 4. The highest BCUT2D eigenvalue weighted by molar-refractivity contribution is 7.89. The second-order valence-electron chi connectivity index (χ2n) is 3.84. The van der Waals surface area contributed by atoms with Crippen molar-refractivity contribution >= 4 is 49.6 Å². The minimum atomic E-state index is -3.68. The molecule has 112 valence electrons. The fraction of sp³-hybridized carbons (Fsp3) is 0.364. The number of nitrogens with one attached hydrogen (secondary N) is 1. The third-order valence-electron chi connectivity index (χ3n) is 2.46. The van der Waals surface area contributed by atoms with E-state index in [0.717, 1.165) is 0 Å². The van der Waals surface area contributed by atoms with E-state index in [1.807, 2.05) is 0 Å². The molecule has 0 aromatic heterocycles. The Hall–Kier alpha value is -0.540. The van der Waals surface area contributed by atoms with E-state index in [-0.39, 0.29) is 27.2 Å². The quantitative estimate of drug-likeness (QED) is 0.713. The van der Waals surface area contributed by atoms with Crippen LogP contribution in [0, 0.1) is 0 Å². The first-order valence-electron chi connectivity index (χ1n) is 5.72. The Balaban J connectivity index is 2.85. The Labute approximate surface area is 131 Å². The van der Waals surface area contributed by atoms with Crippen molar-refractivity contribution in [1.82, 2.24) is 4.72 Å². The summed E-state index contributed by atoms with van der Waals surface area (Å²) < 4.78 is 37.6. The average molecular weight is 355 g/mol. The summed E-state index contributed by atoms with van der Waals surface area (Å²) in [5, 5.41) is 0.178. The molecule has 1 aromatic carbocycles. The smallest absolute Gasteiger partial charge is 0.240 e. The van der Waals surface area contributed by atoms with E-state index in [9.17, 15) is 12.6 Å². The molecule has 0 amide bonds. The molecule has 5 nitrogen and oxygen atoms in total. The third-order valence-corrected chi connectivity index (χ3v) is 5.75. The summed E-state index contributed by atoms with van der Waals surface area (Å²) in [4.78, 5) is 0.120. The van der Waals surface area contributed by atoms with Gasteiger partial charge in [0.1, 0.15) is 4.99 Å². The summed E-state index contributed by atoms with van der Waals surface area (Å²) in [5.74, 6) is 0.768. The van der Waals surface area contributed by atoms with Gasteiger partial charge in [-0.05, 0) is 18.2 Å². The van der Waals surface area contributed by atoms with Crippen molar-refractivity contribution in [2.24, 2.45) is 5.73 Å². The molecule has 9 heteroatoms. The summed E-state index contributed by atoms with van der Waals surface area (Å²) in [6.07, 6.45) is 0. The van der Waals surface area contributed by atoms with Crippen LogP contribution in [0.15, 0.2) is 23.1 Å². The summed E-state index contributed by atoms with van der Waals surface area (Å²) in [7, 11) is -4.70. The Bertz CT molecular complexity index is 632.